The zero-order valence-electron chi connectivity index (χ0n) is 15.7. The van der Waals surface area contributed by atoms with Crippen LogP contribution in [0.3, 0.4) is 0 Å². The third kappa shape index (κ3) is 3.72. The number of nitrogens with zero attached hydrogens (tertiary/aromatic N) is 5. The number of piperidine rings is 1. The van der Waals surface area contributed by atoms with Gasteiger partial charge in [-0.25, -0.2) is 0 Å². The summed E-state index contributed by atoms with van der Waals surface area (Å²) in [6.07, 6.45) is 3.19. The van der Waals surface area contributed by atoms with E-state index in [4.69, 9.17) is 0 Å². The van der Waals surface area contributed by atoms with E-state index in [1.54, 1.807) is 4.90 Å². The molecule has 2 aromatic rings. The zero-order valence-corrected chi connectivity index (χ0v) is 15.7. The third-order valence-corrected chi connectivity index (χ3v) is 5.40. The van der Waals surface area contributed by atoms with Crippen molar-refractivity contribution >= 4 is 11.8 Å². The molecule has 27 heavy (non-hydrogen) atoms. The molecule has 0 unspecified atom stereocenters. The number of benzene rings is 1. The van der Waals surface area contributed by atoms with E-state index in [1.165, 1.54) is 5.56 Å². The summed E-state index contributed by atoms with van der Waals surface area (Å²) < 4.78 is 2.16. The van der Waals surface area contributed by atoms with Crippen molar-refractivity contribution in [1.29, 1.82) is 0 Å². The second-order valence-corrected chi connectivity index (χ2v) is 7.46. The van der Waals surface area contributed by atoms with E-state index in [0.717, 1.165) is 30.9 Å². The average Bonchev–Trinajstić information content (AvgIpc) is 3.07. The molecule has 2 aliphatic heterocycles. The molecule has 142 valence electrons. The first-order valence-corrected chi connectivity index (χ1v) is 9.64. The molecule has 3 heterocycles. The number of fused-ring (bicyclic) bond motifs is 1. The summed E-state index contributed by atoms with van der Waals surface area (Å²) in [5.74, 6) is 1.84. The molecule has 2 aliphatic rings. The van der Waals surface area contributed by atoms with Crippen LogP contribution in [0.15, 0.2) is 30.3 Å². The third-order valence-electron chi connectivity index (χ3n) is 5.40. The molecule has 1 fully saturated rings. The Balaban J connectivity index is 1.45. The van der Waals surface area contributed by atoms with Crippen molar-refractivity contribution in [1.82, 2.24) is 24.6 Å². The topological polar surface area (TPSA) is 71.3 Å². The standard InChI is InChI=1S/C20H25N5O2/c1-15-12-24(20(27)14-23-10-6-5-9-19(23)26)13-18-22-21-17(25(15)18)11-16-7-3-2-4-8-16/h2-4,7-8,15H,5-6,9-14H2,1H3/t15-/m0/s1. The Morgan fingerprint density at radius 3 is 2.78 bits per heavy atom. The summed E-state index contributed by atoms with van der Waals surface area (Å²) in [7, 11) is 0. The highest BCUT2D eigenvalue weighted by molar-refractivity contribution is 5.85. The van der Waals surface area contributed by atoms with Crippen molar-refractivity contribution in [2.45, 2.75) is 45.2 Å². The maximum absolute atomic E-state index is 12.7. The van der Waals surface area contributed by atoms with Gasteiger partial charge in [0.25, 0.3) is 0 Å². The van der Waals surface area contributed by atoms with Crippen LogP contribution in [0.5, 0.6) is 0 Å². The van der Waals surface area contributed by atoms with E-state index in [2.05, 4.69) is 33.8 Å². The maximum Gasteiger partial charge on any atom is 0.242 e. The summed E-state index contributed by atoms with van der Waals surface area (Å²) in [4.78, 5) is 28.2. The van der Waals surface area contributed by atoms with Crippen LogP contribution >= 0.6 is 0 Å². The van der Waals surface area contributed by atoms with Crippen molar-refractivity contribution in [2.75, 3.05) is 19.6 Å². The van der Waals surface area contributed by atoms with Crippen LogP contribution in [0.4, 0.5) is 0 Å². The van der Waals surface area contributed by atoms with Crippen LogP contribution in [0.25, 0.3) is 0 Å². The molecule has 1 saturated heterocycles. The van der Waals surface area contributed by atoms with Crippen LogP contribution in [-0.4, -0.2) is 56.0 Å². The Morgan fingerprint density at radius 2 is 2.00 bits per heavy atom. The molecule has 2 amide bonds. The molecular formula is C20H25N5O2. The maximum atomic E-state index is 12.7. The molecule has 1 atom stereocenters. The zero-order chi connectivity index (χ0) is 18.8. The molecule has 4 rings (SSSR count). The first-order chi connectivity index (χ1) is 13.1. The van der Waals surface area contributed by atoms with Crippen molar-refractivity contribution in [3.8, 4) is 0 Å². The molecule has 0 saturated carbocycles. The highest BCUT2D eigenvalue weighted by atomic mass is 16.2. The number of carbonyl (C=O) groups excluding carboxylic acids is 2. The number of carbonyl (C=O) groups is 2. The van der Waals surface area contributed by atoms with Gasteiger partial charge >= 0.3 is 0 Å². The first-order valence-electron chi connectivity index (χ1n) is 9.64. The van der Waals surface area contributed by atoms with Gasteiger partial charge in [-0.15, -0.1) is 10.2 Å². The molecule has 7 nitrogen and oxygen atoms in total. The molecule has 0 aliphatic carbocycles. The lowest BCUT2D eigenvalue weighted by atomic mass is 10.1. The minimum Gasteiger partial charge on any atom is -0.333 e. The molecule has 0 spiro atoms. The fraction of sp³-hybridized carbons (Fsp3) is 0.500. The molecule has 0 bridgehead atoms. The normalized spacial score (nSPS) is 19.9. The highest BCUT2D eigenvalue weighted by Crippen LogP contribution is 2.23. The summed E-state index contributed by atoms with van der Waals surface area (Å²) in [5.41, 5.74) is 1.20. The second kappa shape index (κ2) is 7.50. The minimum absolute atomic E-state index is 0.00374. The van der Waals surface area contributed by atoms with E-state index in [0.29, 0.717) is 26.1 Å². The molecular weight excluding hydrogens is 342 g/mol. The van der Waals surface area contributed by atoms with Gasteiger partial charge in [-0.1, -0.05) is 30.3 Å². The summed E-state index contributed by atoms with van der Waals surface area (Å²) in [5, 5.41) is 8.71. The lowest BCUT2D eigenvalue weighted by Crippen LogP contribution is -2.47. The van der Waals surface area contributed by atoms with Gasteiger partial charge in [0, 0.05) is 25.9 Å². The molecule has 1 aromatic carbocycles. The number of amides is 2. The SMILES string of the molecule is C[C@H]1CN(C(=O)CN2CCCCC2=O)Cc2nnc(Cc3ccccc3)n21. The Hall–Kier alpha value is -2.70. The van der Waals surface area contributed by atoms with Crippen molar-refractivity contribution < 1.29 is 9.59 Å². The van der Waals surface area contributed by atoms with E-state index in [1.807, 2.05) is 23.1 Å². The molecule has 0 radical (unpaired) electrons. The Kier molecular flexibility index (Phi) is 4.92. The summed E-state index contributed by atoms with van der Waals surface area (Å²) >= 11 is 0. The van der Waals surface area contributed by atoms with Crippen molar-refractivity contribution in [3.05, 3.63) is 47.5 Å². The van der Waals surface area contributed by atoms with Gasteiger partial charge in [0.15, 0.2) is 5.82 Å². The number of hydrogen-bond acceptors (Lipinski definition) is 4. The monoisotopic (exact) mass is 367 g/mol. The fourth-order valence-electron chi connectivity index (χ4n) is 3.99. The van der Waals surface area contributed by atoms with Crippen LogP contribution in [0.2, 0.25) is 0 Å². The summed E-state index contributed by atoms with van der Waals surface area (Å²) in [6.45, 7) is 4.02. The minimum atomic E-state index is -0.00374. The van der Waals surface area contributed by atoms with Gasteiger partial charge in [-0.3, -0.25) is 9.59 Å². The number of aromatic nitrogens is 3. The Morgan fingerprint density at radius 1 is 1.19 bits per heavy atom. The van der Waals surface area contributed by atoms with Crippen LogP contribution in [0, 0.1) is 0 Å². The number of likely N-dealkylation sites (tertiary alicyclic amines) is 1. The predicted octanol–water partition coefficient (Wildman–Crippen LogP) is 1.78. The van der Waals surface area contributed by atoms with Crippen LogP contribution < -0.4 is 0 Å². The van der Waals surface area contributed by atoms with Gasteiger partial charge in [0.05, 0.1) is 19.1 Å². The van der Waals surface area contributed by atoms with E-state index < -0.39 is 0 Å². The number of hydrogen-bond donors (Lipinski definition) is 0. The largest absolute Gasteiger partial charge is 0.333 e. The van der Waals surface area contributed by atoms with Crippen LogP contribution in [-0.2, 0) is 22.6 Å². The van der Waals surface area contributed by atoms with E-state index >= 15 is 0 Å². The molecule has 0 N–H and O–H groups in total. The Bertz CT molecular complexity index is 832. The quantitative estimate of drug-likeness (QED) is 0.826. The lowest BCUT2D eigenvalue weighted by molar-refractivity contribution is -0.143. The lowest BCUT2D eigenvalue weighted by Gasteiger charge is -2.34. The predicted molar refractivity (Wildman–Crippen MR) is 99.8 cm³/mol. The molecule has 1 aromatic heterocycles. The highest BCUT2D eigenvalue weighted by Gasteiger charge is 2.31. The van der Waals surface area contributed by atoms with E-state index in [9.17, 15) is 9.59 Å². The molecule has 7 heteroatoms. The van der Waals surface area contributed by atoms with Crippen LogP contribution in [0.1, 0.15) is 49.4 Å². The first kappa shape index (κ1) is 17.7. The summed E-state index contributed by atoms with van der Waals surface area (Å²) in [6, 6.07) is 10.3. The van der Waals surface area contributed by atoms with Gasteiger partial charge < -0.3 is 14.4 Å². The van der Waals surface area contributed by atoms with Gasteiger partial charge in [-0.2, -0.15) is 0 Å². The van der Waals surface area contributed by atoms with Gasteiger partial charge in [0.1, 0.15) is 5.82 Å². The van der Waals surface area contributed by atoms with Gasteiger partial charge in [0.2, 0.25) is 11.8 Å². The number of rotatable bonds is 4. The smallest absolute Gasteiger partial charge is 0.242 e. The van der Waals surface area contributed by atoms with Gasteiger partial charge in [-0.05, 0) is 25.3 Å². The van der Waals surface area contributed by atoms with Crippen molar-refractivity contribution in [3.63, 3.8) is 0 Å². The van der Waals surface area contributed by atoms with E-state index in [-0.39, 0.29) is 24.4 Å². The Labute approximate surface area is 159 Å². The second-order valence-electron chi connectivity index (χ2n) is 7.46. The van der Waals surface area contributed by atoms with Crippen molar-refractivity contribution in [2.24, 2.45) is 0 Å². The average molecular weight is 367 g/mol. The fourth-order valence-corrected chi connectivity index (χ4v) is 3.99.